The Balaban J connectivity index is 0.000000480. The second-order valence-electron chi connectivity index (χ2n) is 24.5. The minimum Gasteiger partial charge on any atom is -0.444 e. The largest absolute Gasteiger partial charge is 0.444 e. The summed E-state index contributed by atoms with van der Waals surface area (Å²) < 4.78 is 56.8. The van der Waals surface area contributed by atoms with Crippen molar-refractivity contribution in [1.29, 1.82) is 0 Å². The molecule has 0 aromatic carbocycles. The third kappa shape index (κ3) is 32.9. The standard InChI is InChI=1S/2C16H31NO4.C12H25NO2.C11H23NO2/c2*1-11(2)19-10-13-8-14(20-12(3)4)9-17(13)15(18)21-16(5,6)7;1-9(2)15-11-6-10(13-7-11)8-14-12(3,4)5;1-8(2)13-7-10-5-11(6-12-10)14-9(3)4/h2*11-14H,8-10H2,1-7H3;9-11,13H,6-8H2,1-5H3;8-12H,5-7H2,1-4H3. The van der Waals surface area contributed by atoms with Gasteiger partial charge in [-0.15, -0.1) is 0 Å². The van der Waals surface area contributed by atoms with Crippen LogP contribution in [0.5, 0.6) is 0 Å². The molecule has 0 aromatic rings. The van der Waals surface area contributed by atoms with E-state index in [1.807, 2.05) is 96.9 Å². The highest BCUT2D eigenvalue weighted by Crippen LogP contribution is 2.27. The molecule has 8 unspecified atom stereocenters. The molecule has 0 aromatic heterocycles. The third-order valence-electron chi connectivity index (χ3n) is 10.8. The second kappa shape index (κ2) is 32.6. The molecule has 2 amide bonds. The van der Waals surface area contributed by atoms with Gasteiger partial charge in [0.1, 0.15) is 11.2 Å². The maximum atomic E-state index is 12.3. The molecular weight excluding hydrogens is 909 g/mol. The highest BCUT2D eigenvalue weighted by atomic mass is 16.6. The van der Waals surface area contributed by atoms with Crippen molar-refractivity contribution in [3.63, 3.8) is 0 Å². The van der Waals surface area contributed by atoms with Crippen molar-refractivity contribution < 1.29 is 57.0 Å². The molecule has 4 fully saturated rings. The lowest BCUT2D eigenvalue weighted by molar-refractivity contribution is -0.0178. The van der Waals surface area contributed by atoms with Crippen molar-refractivity contribution in [2.75, 3.05) is 52.6 Å². The van der Waals surface area contributed by atoms with Gasteiger partial charge >= 0.3 is 12.2 Å². The maximum absolute atomic E-state index is 12.3. The molecular formula is C55H110N4O12. The van der Waals surface area contributed by atoms with Crippen LogP contribution >= 0.6 is 0 Å². The van der Waals surface area contributed by atoms with Crippen LogP contribution in [0.3, 0.4) is 0 Å². The fourth-order valence-electron chi connectivity index (χ4n) is 8.18. The van der Waals surface area contributed by atoms with Crippen molar-refractivity contribution in [2.24, 2.45) is 0 Å². The van der Waals surface area contributed by atoms with Crippen LogP contribution in [0.25, 0.3) is 0 Å². The number of carbonyl (C=O) groups is 2. The summed E-state index contributed by atoms with van der Waals surface area (Å²) in [6, 6.07) is 0.964. The smallest absolute Gasteiger partial charge is 0.410 e. The van der Waals surface area contributed by atoms with Gasteiger partial charge in [0.2, 0.25) is 0 Å². The number of hydrogen-bond acceptors (Lipinski definition) is 14. The zero-order valence-corrected chi connectivity index (χ0v) is 49.4. The van der Waals surface area contributed by atoms with Crippen LogP contribution in [0.15, 0.2) is 0 Å². The Hall–Kier alpha value is -1.86. The van der Waals surface area contributed by atoms with E-state index < -0.39 is 11.2 Å². The quantitative estimate of drug-likeness (QED) is 0.126. The Morgan fingerprint density at radius 3 is 1.03 bits per heavy atom. The van der Waals surface area contributed by atoms with E-state index in [1.165, 1.54) is 0 Å². The normalized spacial score (nSPS) is 25.0. The van der Waals surface area contributed by atoms with Crippen LogP contribution in [-0.2, 0) is 47.4 Å². The molecule has 4 aliphatic heterocycles. The number of nitrogens with zero attached hydrogens (tertiary/aromatic N) is 2. The molecule has 0 bridgehead atoms. The van der Waals surface area contributed by atoms with E-state index in [0.29, 0.717) is 68.9 Å². The van der Waals surface area contributed by atoms with E-state index in [9.17, 15) is 9.59 Å². The van der Waals surface area contributed by atoms with E-state index in [4.69, 9.17) is 47.4 Å². The predicted molar refractivity (Wildman–Crippen MR) is 285 cm³/mol. The van der Waals surface area contributed by atoms with Crippen LogP contribution in [-0.4, -0.2) is 183 Å². The SMILES string of the molecule is CC(C)OC1CNC(COC(C)(C)C)C1.CC(C)OCC1CC(OC(C)C)CN1.CC(C)OCC1CC(OC(C)C)CN1C(=O)OC(C)(C)C.CC(C)OCC1CC(OC(C)C)CN1C(=O)OC(C)(C)C. The zero-order valence-electron chi connectivity index (χ0n) is 49.4. The summed E-state index contributed by atoms with van der Waals surface area (Å²) in [5.74, 6) is 0. The van der Waals surface area contributed by atoms with Gasteiger partial charge in [0.15, 0.2) is 0 Å². The van der Waals surface area contributed by atoms with Crippen LogP contribution in [0.2, 0.25) is 0 Å². The van der Waals surface area contributed by atoms with Crippen molar-refractivity contribution in [1.82, 2.24) is 20.4 Å². The molecule has 0 saturated carbocycles. The molecule has 0 radical (unpaired) electrons. The Kier molecular flexibility index (Phi) is 30.8. The molecule has 8 atom stereocenters. The fraction of sp³-hybridized carbons (Fsp3) is 0.964. The van der Waals surface area contributed by atoms with Crippen LogP contribution in [0.4, 0.5) is 9.59 Å². The van der Waals surface area contributed by atoms with E-state index in [2.05, 4.69) is 72.9 Å². The monoisotopic (exact) mass is 1020 g/mol. The summed E-state index contributed by atoms with van der Waals surface area (Å²) in [4.78, 5) is 28.2. The number of nitrogens with one attached hydrogen (secondary N) is 2. The van der Waals surface area contributed by atoms with Crippen molar-refractivity contribution in [2.45, 2.75) is 293 Å². The topological polar surface area (TPSA) is 157 Å². The van der Waals surface area contributed by atoms with Crippen molar-refractivity contribution in [3.8, 4) is 0 Å². The average Bonchev–Trinajstić information content (AvgIpc) is 4.00. The molecule has 16 heteroatoms. The molecule has 4 aliphatic rings. The molecule has 0 aliphatic carbocycles. The van der Waals surface area contributed by atoms with Crippen molar-refractivity contribution >= 4 is 12.2 Å². The van der Waals surface area contributed by atoms with Gasteiger partial charge in [-0.2, -0.15) is 0 Å². The fourth-order valence-corrected chi connectivity index (χ4v) is 8.18. The first-order valence-corrected chi connectivity index (χ1v) is 27.2. The lowest BCUT2D eigenvalue weighted by atomic mass is 10.1. The van der Waals surface area contributed by atoms with Gasteiger partial charge in [-0.05, 0) is 185 Å². The first-order valence-electron chi connectivity index (χ1n) is 27.2. The summed E-state index contributed by atoms with van der Waals surface area (Å²) in [6.45, 7) is 51.7. The first-order chi connectivity index (χ1) is 32.6. The first kappa shape index (κ1) is 67.2. The van der Waals surface area contributed by atoms with Crippen molar-refractivity contribution in [3.05, 3.63) is 0 Å². The van der Waals surface area contributed by atoms with E-state index >= 15 is 0 Å². The number of rotatable bonds is 19. The highest BCUT2D eigenvalue weighted by Gasteiger charge is 2.40. The number of likely N-dealkylation sites (tertiary alicyclic amines) is 2. The summed E-state index contributed by atoms with van der Waals surface area (Å²) in [6.07, 6.45) is 5.57. The molecule has 2 N–H and O–H groups in total. The third-order valence-corrected chi connectivity index (χ3v) is 10.8. The van der Waals surface area contributed by atoms with E-state index in [0.717, 1.165) is 52.0 Å². The molecule has 0 spiro atoms. The minimum absolute atomic E-state index is 0.0194. The van der Waals surface area contributed by atoms with Gasteiger partial charge < -0.3 is 67.8 Å². The predicted octanol–water partition coefficient (Wildman–Crippen LogP) is 9.95. The van der Waals surface area contributed by atoms with Crippen LogP contribution < -0.4 is 10.6 Å². The Morgan fingerprint density at radius 1 is 0.423 bits per heavy atom. The Labute approximate surface area is 434 Å². The molecule has 4 saturated heterocycles. The second-order valence-corrected chi connectivity index (χ2v) is 24.5. The maximum Gasteiger partial charge on any atom is 0.410 e. The van der Waals surface area contributed by atoms with E-state index in [1.54, 1.807) is 9.80 Å². The molecule has 422 valence electrons. The Morgan fingerprint density at radius 2 is 0.732 bits per heavy atom. The van der Waals surface area contributed by atoms with Gasteiger partial charge in [-0.3, -0.25) is 0 Å². The molecule has 16 nitrogen and oxygen atoms in total. The van der Waals surface area contributed by atoms with Gasteiger partial charge in [0, 0.05) is 25.2 Å². The number of carbonyl (C=O) groups excluding carboxylic acids is 2. The van der Waals surface area contributed by atoms with E-state index in [-0.39, 0.29) is 66.5 Å². The number of hydrogen-bond donors (Lipinski definition) is 2. The zero-order chi connectivity index (χ0) is 54.4. The number of ether oxygens (including phenoxy) is 10. The van der Waals surface area contributed by atoms with Gasteiger partial charge in [0.05, 0.1) is 124 Å². The highest BCUT2D eigenvalue weighted by molar-refractivity contribution is 5.69. The molecule has 4 heterocycles. The summed E-state index contributed by atoms with van der Waals surface area (Å²) in [7, 11) is 0. The summed E-state index contributed by atoms with van der Waals surface area (Å²) >= 11 is 0. The number of amides is 2. The minimum atomic E-state index is -0.489. The van der Waals surface area contributed by atoms with Crippen LogP contribution in [0, 0.1) is 0 Å². The average molecular weight is 1020 g/mol. The van der Waals surface area contributed by atoms with Gasteiger partial charge in [0.25, 0.3) is 0 Å². The summed E-state index contributed by atoms with van der Waals surface area (Å²) in [5.41, 5.74) is -1.02. The Bertz CT molecular complexity index is 1360. The van der Waals surface area contributed by atoms with Gasteiger partial charge in [-0.25, -0.2) is 9.59 Å². The molecule has 71 heavy (non-hydrogen) atoms. The van der Waals surface area contributed by atoms with Gasteiger partial charge in [-0.1, -0.05) is 0 Å². The van der Waals surface area contributed by atoms with Crippen LogP contribution in [0.1, 0.15) is 185 Å². The lowest BCUT2D eigenvalue weighted by Gasteiger charge is -2.28. The summed E-state index contributed by atoms with van der Waals surface area (Å²) in [5, 5.41) is 6.85. The molecule has 4 rings (SSSR count). The lowest BCUT2D eigenvalue weighted by Crippen LogP contribution is -2.42.